The van der Waals surface area contributed by atoms with E-state index in [1.165, 1.54) is 0 Å². The van der Waals surface area contributed by atoms with E-state index in [0.29, 0.717) is 21.8 Å². The molecule has 8 heteroatoms. The zero-order chi connectivity index (χ0) is 20.1. The van der Waals surface area contributed by atoms with Crippen LogP contribution in [0.25, 0.3) is 0 Å². The SMILES string of the molecule is O=C(COC(=O)CCCN1C(=O)c2ccccc2C1=O)Nc1ccccc1Cl. The minimum atomic E-state index is -0.592. The Bertz CT molecular complexity index is 909. The highest BCUT2D eigenvalue weighted by Gasteiger charge is 2.34. The van der Waals surface area contributed by atoms with Crippen LogP contribution in [0, 0.1) is 0 Å². The molecule has 144 valence electrons. The van der Waals surface area contributed by atoms with Gasteiger partial charge in [-0.2, -0.15) is 0 Å². The van der Waals surface area contributed by atoms with Crippen LogP contribution >= 0.6 is 11.6 Å². The van der Waals surface area contributed by atoms with E-state index in [2.05, 4.69) is 5.32 Å². The predicted molar refractivity (Wildman–Crippen MR) is 102 cm³/mol. The molecule has 1 aliphatic rings. The van der Waals surface area contributed by atoms with Gasteiger partial charge in [-0.1, -0.05) is 35.9 Å². The molecule has 0 fully saturated rings. The highest BCUT2D eigenvalue weighted by Crippen LogP contribution is 2.23. The number of imide groups is 1. The molecule has 0 saturated carbocycles. The third-order valence-electron chi connectivity index (χ3n) is 4.15. The van der Waals surface area contributed by atoms with Crippen molar-refractivity contribution in [3.8, 4) is 0 Å². The average Bonchev–Trinajstić information content (AvgIpc) is 2.93. The number of esters is 1. The topological polar surface area (TPSA) is 92.8 Å². The van der Waals surface area contributed by atoms with Crippen molar-refractivity contribution < 1.29 is 23.9 Å². The molecule has 3 amide bonds. The molecule has 2 aromatic carbocycles. The first-order chi connectivity index (χ1) is 13.5. The molecule has 2 aromatic rings. The third kappa shape index (κ3) is 4.37. The number of ether oxygens (including phenoxy) is 1. The smallest absolute Gasteiger partial charge is 0.306 e. The van der Waals surface area contributed by atoms with Gasteiger partial charge in [0.1, 0.15) is 0 Å². The second-order valence-corrected chi connectivity index (χ2v) is 6.51. The number of anilines is 1. The summed E-state index contributed by atoms with van der Waals surface area (Å²) in [6, 6.07) is 13.3. The van der Waals surface area contributed by atoms with Crippen LogP contribution in [-0.2, 0) is 14.3 Å². The number of benzene rings is 2. The Hall–Kier alpha value is -3.19. The number of carbonyl (C=O) groups is 4. The van der Waals surface area contributed by atoms with Crippen LogP contribution in [0.2, 0.25) is 5.02 Å². The first kappa shape index (κ1) is 19.6. The summed E-state index contributed by atoms with van der Waals surface area (Å²) in [6.07, 6.45) is 0.225. The van der Waals surface area contributed by atoms with E-state index in [-0.39, 0.29) is 31.2 Å². The third-order valence-corrected chi connectivity index (χ3v) is 4.48. The van der Waals surface area contributed by atoms with Gasteiger partial charge in [0.05, 0.1) is 21.8 Å². The Kier molecular flexibility index (Phi) is 6.06. The van der Waals surface area contributed by atoms with Crippen LogP contribution < -0.4 is 5.32 Å². The van der Waals surface area contributed by atoms with Gasteiger partial charge in [0.2, 0.25) is 0 Å². The number of para-hydroxylation sites is 1. The van der Waals surface area contributed by atoms with Crippen LogP contribution in [0.4, 0.5) is 5.69 Å². The molecule has 0 atom stereocenters. The molecule has 0 spiro atoms. The minimum absolute atomic E-state index is 0.0211. The second-order valence-electron chi connectivity index (χ2n) is 6.10. The fraction of sp³-hybridized carbons (Fsp3) is 0.200. The minimum Gasteiger partial charge on any atom is -0.456 e. The molecule has 1 N–H and O–H groups in total. The molecular formula is C20H17ClN2O5. The number of fused-ring (bicyclic) bond motifs is 1. The van der Waals surface area contributed by atoms with E-state index in [1.807, 2.05) is 0 Å². The van der Waals surface area contributed by atoms with Gasteiger partial charge < -0.3 is 10.1 Å². The summed E-state index contributed by atoms with van der Waals surface area (Å²) in [5.74, 6) is -1.84. The summed E-state index contributed by atoms with van der Waals surface area (Å²) in [5, 5.41) is 2.92. The van der Waals surface area contributed by atoms with Crippen LogP contribution in [0.5, 0.6) is 0 Å². The first-order valence-electron chi connectivity index (χ1n) is 8.62. The molecular weight excluding hydrogens is 384 g/mol. The number of nitrogens with one attached hydrogen (secondary N) is 1. The molecule has 0 aromatic heterocycles. The van der Waals surface area contributed by atoms with Gasteiger partial charge in [-0.15, -0.1) is 0 Å². The molecule has 7 nitrogen and oxygen atoms in total. The number of carbonyl (C=O) groups excluding carboxylic acids is 4. The monoisotopic (exact) mass is 400 g/mol. The van der Waals surface area contributed by atoms with Gasteiger partial charge >= 0.3 is 5.97 Å². The number of nitrogens with zero attached hydrogens (tertiary/aromatic N) is 1. The lowest BCUT2D eigenvalue weighted by Gasteiger charge is -2.13. The largest absolute Gasteiger partial charge is 0.456 e. The van der Waals surface area contributed by atoms with E-state index >= 15 is 0 Å². The maximum Gasteiger partial charge on any atom is 0.306 e. The first-order valence-corrected chi connectivity index (χ1v) is 9.00. The van der Waals surface area contributed by atoms with Crippen molar-refractivity contribution in [2.45, 2.75) is 12.8 Å². The zero-order valence-electron chi connectivity index (χ0n) is 14.8. The Balaban J connectivity index is 1.41. The fourth-order valence-electron chi connectivity index (χ4n) is 2.79. The summed E-state index contributed by atoms with van der Waals surface area (Å²) < 4.78 is 4.91. The quantitative estimate of drug-likeness (QED) is 0.569. The second kappa shape index (κ2) is 8.67. The molecule has 0 radical (unpaired) electrons. The van der Waals surface area contributed by atoms with Gasteiger partial charge in [-0.25, -0.2) is 0 Å². The molecule has 0 unspecified atom stereocenters. The van der Waals surface area contributed by atoms with E-state index in [0.717, 1.165) is 4.90 Å². The molecule has 3 rings (SSSR count). The fourth-order valence-corrected chi connectivity index (χ4v) is 2.97. The summed E-state index contributed by atoms with van der Waals surface area (Å²) >= 11 is 5.94. The van der Waals surface area contributed by atoms with Gasteiger partial charge in [-0.05, 0) is 30.7 Å². The van der Waals surface area contributed by atoms with Crippen LogP contribution in [0.1, 0.15) is 33.6 Å². The van der Waals surface area contributed by atoms with Gasteiger partial charge in [0, 0.05) is 13.0 Å². The maximum absolute atomic E-state index is 12.2. The van der Waals surface area contributed by atoms with Gasteiger partial charge in [0.15, 0.2) is 6.61 Å². The van der Waals surface area contributed by atoms with Crippen molar-refractivity contribution in [3.63, 3.8) is 0 Å². The van der Waals surface area contributed by atoms with Crippen LogP contribution in [0.3, 0.4) is 0 Å². The van der Waals surface area contributed by atoms with E-state index in [9.17, 15) is 19.2 Å². The highest BCUT2D eigenvalue weighted by molar-refractivity contribution is 6.33. The number of hydrogen-bond donors (Lipinski definition) is 1. The molecule has 0 bridgehead atoms. The van der Waals surface area contributed by atoms with E-state index in [4.69, 9.17) is 16.3 Å². The molecule has 0 aliphatic carbocycles. The van der Waals surface area contributed by atoms with Crippen molar-refractivity contribution in [2.75, 3.05) is 18.5 Å². The lowest BCUT2D eigenvalue weighted by Crippen LogP contribution is -2.31. The van der Waals surface area contributed by atoms with Gasteiger partial charge in [0.25, 0.3) is 17.7 Å². The van der Waals surface area contributed by atoms with E-state index < -0.39 is 18.5 Å². The number of hydrogen-bond acceptors (Lipinski definition) is 5. The van der Waals surface area contributed by atoms with Crippen LogP contribution in [-0.4, -0.2) is 41.7 Å². The zero-order valence-corrected chi connectivity index (χ0v) is 15.6. The summed E-state index contributed by atoms with van der Waals surface area (Å²) in [5.41, 5.74) is 1.16. The van der Waals surface area contributed by atoms with Gasteiger partial charge in [-0.3, -0.25) is 24.1 Å². The summed E-state index contributed by atoms with van der Waals surface area (Å²) in [7, 11) is 0. The van der Waals surface area contributed by atoms with Crippen molar-refractivity contribution in [1.29, 1.82) is 0 Å². The Morgan fingerprint density at radius 2 is 1.57 bits per heavy atom. The summed E-state index contributed by atoms with van der Waals surface area (Å²) in [6.45, 7) is -0.343. The Labute approximate surface area is 166 Å². The number of amides is 3. The van der Waals surface area contributed by atoms with Crippen molar-refractivity contribution >= 4 is 41.0 Å². The Morgan fingerprint density at radius 3 is 2.21 bits per heavy atom. The van der Waals surface area contributed by atoms with Crippen LogP contribution in [0.15, 0.2) is 48.5 Å². The molecule has 28 heavy (non-hydrogen) atoms. The number of rotatable bonds is 7. The van der Waals surface area contributed by atoms with Crippen molar-refractivity contribution in [3.05, 3.63) is 64.7 Å². The molecule has 1 heterocycles. The highest BCUT2D eigenvalue weighted by atomic mass is 35.5. The lowest BCUT2D eigenvalue weighted by molar-refractivity contribution is -0.147. The Morgan fingerprint density at radius 1 is 0.964 bits per heavy atom. The van der Waals surface area contributed by atoms with Crippen molar-refractivity contribution in [1.82, 2.24) is 4.90 Å². The summed E-state index contributed by atoms with van der Waals surface area (Å²) in [4.78, 5) is 49.2. The normalized spacial score (nSPS) is 12.7. The standard InChI is InChI=1S/C20H17ClN2O5/c21-15-8-3-4-9-16(15)22-17(24)12-28-18(25)10-5-11-23-19(26)13-6-1-2-7-14(13)20(23)27/h1-4,6-9H,5,10-12H2,(H,22,24). The van der Waals surface area contributed by atoms with E-state index in [1.54, 1.807) is 48.5 Å². The van der Waals surface area contributed by atoms with Crippen molar-refractivity contribution in [2.24, 2.45) is 0 Å². The maximum atomic E-state index is 12.2. The predicted octanol–water partition coefficient (Wildman–Crippen LogP) is 2.90. The lowest BCUT2D eigenvalue weighted by atomic mass is 10.1. The number of halogens is 1. The molecule has 0 saturated heterocycles. The molecule has 1 aliphatic heterocycles. The average molecular weight is 401 g/mol.